The third-order valence-electron chi connectivity index (χ3n) is 2.49. The summed E-state index contributed by atoms with van der Waals surface area (Å²) < 4.78 is 0. The number of fused-ring (bicyclic) bond motifs is 1. The zero-order valence-corrected chi connectivity index (χ0v) is 10.4. The number of carbonyl (C=O) groups is 1. The number of aromatic amines is 1. The van der Waals surface area contributed by atoms with E-state index in [0.717, 1.165) is 16.2 Å². The van der Waals surface area contributed by atoms with E-state index in [-0.39, 0.29) is 5.78 Å². The van der Waals surface area contributed by atoms with Crippen molar-refractivity contribution in [2.45, 2.75) is 25.9 Å². The Hall–Kier alpha value is -1.29. The largest absolute Gasteiger partial charge is 0.333 e. The lowest BCUT2D eigenvalue weighted by Gasteiger charge is -1.97. The number of benzene rings is 1. The molecule has 1 aromatic heterocycles. The highest BCUT2D eigenvalue weighted by atomic mass is 32.2. The number of aromatic nitrogens is 2. The fourth-order valence-corrected chi connectivity index (χ4v) is 2.17. The number of Topliss-reactive ketones (excluding diaryl/α,β-unsaturated/α-hetero) is 1. The molecule has 0 amide bonds. The highest BCUT2D eigenvalue weighted by Gasteiger charge is 2.06. The van der Waals surface area contributed by atoms with Gasteiger partial charge < -0.3 is 4.98 Å². The molecule has 0 spiro atoms. The van der Waals surface area contributed by atoms with Crippen LogP contribution in [-0.2, 0) is 4.79 Å². The van der Waals surface area contributed by atoms with Gasteiger partial charge in [-0.25, -0.2) is 4.98 Å². The Morgan fingerprint density at radius 2 is 2.06 bits per heavy atom. The first-order valence-electron chi connectivity index (χ1n) is 5.15. The smallest absolute Gasteiger partial charge is 0.166 e. The fourth-order valence-electron chi connectivity index (χ4n) is 1.48. The molecule has 0 fully saturated rings. The number of nitrogens with zero attached hydrogens (tertiary/aromatic N) is 1. The van der Waals surface area contributed by atoms with Crippen molar-refractivity contribution < 1.29 is 4.79 Å². The monoisotopic (exact) mass is 234 g/mol. The van der Waals surface area contributed by atoms with Gasteiger partial charge in [0.1, 0.15) is 5.78 Å². The molecular formula is C12H14N2OS. The normalized spacial score (nSPS) is 10.9. The fraction of sp³-hybridized carbons (Fsp3) is 0.333. The Morgan fingerprint density at radius 3 is 2.75 bits per heavy atom. The van der Waals surface area contributed by atoms with E-state index in [4.69, 9.17) is 0 Å². The zero-order valence-electron chi connectivity index (χ0n) is 9.63. The quantitative estimate of drug-likeness (QED) is 0.831. The van der Waals surface area contributed by atoms with Gasteiger partial charge in [-0.3, -0.25) is 4.79 Å². The van der Waals surface area contributed by atoms with Crippen LogP contribution >= 0.6 is 11.8 Å². The van der Waals surface area contributed by atoms with Crippen molar-refractivity contribution in [1.82, 2.24) is 9.97 Å². The highest BCUT2D eigenvalue weighted by molar-refractivity contribution is 7.99. The van der Waals surface area contributed by atoms with Crippen LogP contribution in [0.2, 0.25) is 0 Å². The van der Waals surface area contributed by atoms with Gasteiger partial charge in [0.15, 0.2) is 5.16 Å². The van der Waals surface area contributed by atoms with E-state index in [1.54, 1.807) is 6.92 Å². The van der Waals surface area contributed by atoms with Crippen molar-refractivity contribution in [2.75, 3.05) is 5.75 Å². The summed E-state index contributed by atoms with van der Waals surface area (Å²) in [5.74, 6) is 0.635. The second kappa shape index (κ2) is 4.29. The van der Waals surface area contributed by atoms with E-state index in [9.17, 15) is 4.79 Å². The molecule has 84 valence electrons. The van der Waals surface area contributed by atoms with Gasteiger partial charge in [0.25, 0.3) is 0 Å². The van der Waals surface area contributed by atoms with Crippen LogP contribution in [0.5, 0.6) is 0 Å². The van der Waals surface area contributed by atoms with Crippen LogP contribution in [-0.4, -0.2) is 21.5 Å². The molecule has 16 heavy (non-hydrogen) atoms. The molecule has 1 aromatic carbocycles. The van der Waals surface area contributed by atoms with Crippen LogP contribution in [0.15, 0.2) is 17.3 Å². The number of H-pyrrole nitrogens is 1. The van der Waals surface area contributed by atoms with E-state index in [1.165, 1.54) is 22.9 Å². The van der Waals surface area contributed by atoms with E-state index >= 15 is 0 Å². The van der Waals surface area contributed by atoms with Crippen molar-refractivity contribution in [1.29, 1.82) is 0 Å². The van der Waals surface area contributed by atoms with E-state index < -0.39 is 0 Å². The lowest BCUT2D eigenvalue weighted by molar-refractivity contribution is -0.114. The average Bonchev–Trinajstić information content (AvgIpc) is 2.58. The standard InChI is InChI=1S/C12H14N2OS/c1-7-4-10-11(5-8(7)2)14-12(13-10)16-6-9(3)15/h4-5H,6H2,1-3H3,(H,13,14). The zero-order chi connectivity index (χ0) is 11.7. The Bertz CT molecular complexity index is 506. The van der Waals surface area contributed by atoms with Gasteiger partial charge in [0, 0.05) is 0 Å². The van der Waals surface area contributed by atoms with Crippen LogP contribution in [0.4, 0.5) is 0 Å². The second-order valence-corrected chi connectivity index (χ2v) is 4.95. The molecule has 1 heterocycles. The number of hydrogen-bond acceptors (Lipinski definition) is 3. The number of imidazole rings is 1. The highest BCUT2D eigenvalue weighted by Crippen LogP contribution is 2.22. The minimum absolute atomic E-state index is 0.165. The predicted molar refractivity (Wildman–Crippen MR) is 67.0 cm³/mol. The van der Waals surface area contributed by atoms with Crippen molar-refractivity contribution in [3.63, 3.8) is 0 Å². The molecule has 0 bridgehead atoms. The molecule has 0 aliphatic rings. The topological polar surface area (TPSA) is 45.8 Å². The summed E-state index contributed by atoms with van der Waals surface area (Å²) in [6.45, 7) is 5.74. The van der Waals surface area contributed by atoms with Gasteiger partial charge in [0.05, 0.1) is 16.8 Å². The van der Waals surface area contributed by atoms with Crippen molar-refractivity contribution in [2.24, 2.45) is 0 Å². The van der Waals surface area contributed by atoms with Gasteiger partial charge in [0.2, 0.25) is 0 Å². The number of hydrogen-bond donors (Lipinski definition) is 1. The molecule has 0 aliphatic carbocycles. The Labute approximate surface area is 98.7 Å². The minimum atomic E-state index is 0.165. The lowest BCUT2D eigenvalue weighted by Crippen LogP contribution is -1.93. The lowest BCUT2D eigenvalue weighted by atomic mass is 10.1. The minimum Gasteiger partial charge on any atom is -0.333 e. The molecule has 2 aromatic rings. The first-order valence-corrected chi connectivity index (χ1v) is 6.14. The molecule has 4 heteroatoms. The number of rotatable bonds is 3. The van der Waals surface area contributed by atoms with Crippen LogP contribution in [0.25, 0.3) is 11.0 Å². The summed E-state index contributed by atoms with van der Waals surface area (Å²) in [5.41, 5.74) is 4.49. The van der Waals surface area contributed by atoms with Gasteiger partial charge in [-0.1, -0.05) is 11.8 Å². The third-order valence-corrected chi connectivity index (χ3v) is 3.51. The molecule has 2 rings (SSSR count). The third kappa shape index (κ3) is 2.27. The summed E-state index contributed by atoms with van der Waals surface area (Å²) in [6, 6.07) is 4.16. The molecule has 0 saturated carbocycles. The number of thioether (sulfide) groups is 1. The summed E-state index contributed by atoms with van der Waals surface area (Å²) >= 11 is 1.45. The average molecular weight is 234 g/mol. The molecule has 0 unspecified atom stereocenters. The maximum absolute atomic E-state index is 10.9. The Morgan fingerprint density at radius 1 is 1.38 bits per heavy atom. The number of nitrogens with one attached hydrogen (secondary N) is 1. The predicted octanol–water partition coefficient (Wildman–Crippen LogP) is 2.86. The Balaban J connectivity index is 2.33. The molecular weight excluding hydrogens is 220 g/mol. The molecule has 0 aliphatic heterocycles. The second-order valence-electron chi connectivity index (χ2n) is 3.99. The molecule has 1 N–H and O–H groups in total. The van der Waals surface area contributed by atoms with Crippen LogP contribution < -0.4 is 0 Å². The summed E-state index contributed by atoms with van der Waals surface area (Å²) in [6.07, 6.45) is 0. The first-order chi connectivity index (χ1) is 7.56. The van der Waals surface area contributed by atoms with E-state index in [2.05, 4.69) is 35.9 Å². The van der Waals surface area contributed by atoms with Gasteiger partial charge >= 0.3 is 0 Å². The van der Waals surface area contributed by atoms with Gasteiger partial charge in [-0.2, -0.15) is 0 Å². The maximum atomic E-state index is 10.9. The van der Waals surface area contributed by atoms with Crippen molar-refractivity contribution in [3.05, 3.63) is 23.3 Å². The van der Waals surface area contributed by atoms with Crippen LogP contribution in [0.1, 0.15) is 18.1 Å². The van der Waals surface area contributed by atoms with E-state index in [1.807, 2.05) is 0 Å². The number of ketones is 1. The molecule has 0 atom stereocenters. The van der Waals surface area contributed by atoms with Gasteiger partial charge in [-0.05, 0) is 44.0 Å². The molecule has 0 radical (unpaired) electrons. The van der Waals surface area contributed by atoms with Crippen LogP contribution in [0, 0.1) is 13.8 Å². The van der Waals surface area contributed by atoms with E-state index in [0.29, 0.717) is 5.75 Å². The van der Waals surface area contributed by atoms with Crippen molar-refractivity contribution in [3.8, 4) is 0 Å². The molecule has 3 nitrogen and oxygen atoms in total. The Kier molecular flexibility index (Phi) is 3.01. The summed E-state index contributed by atoms with van der Waals surface area (Å²) in [4.78, 5) is 18.5. The summed E-state index contributed by atoms with van der Waals surface area (Å²) in [7, 11) is 0. The van der Waals surface area contributed by atoms with Crippen molar-refractivity contribution >= 4 is 28.6 Å². The van der Waals surface area contributed by atoms with Crippen LogP contribution in [0.3, 0.4) is 0 Å². The first kappa shape index (κ1) is 11.2. The number of carbonyl (C=O) groups excluding carboxylic acids is 1. The summed E-state index contributed by atoms with van der Waals surface area (Å²) in [5, 5.41) is 0.815. The molecule has 0 saturated heterocycles. The van der Waals surface area contributed by atoms with Gasteiger partial charge in [-0.15, -0.1) is 0 Å². The SMILES string of the molecule is CC(=O)CSc1nc2cc(C)c(C)cc2[nH]1. The maximum Gasteiger partial charge on any atom is 0.166 e. The number of aryl methyl sites for hydroxylation is 2.